The summed E-state index contributed by atoms with van der Waals surface area (Å²) < 4.78 is 1.86. The Bertz CT molecular complexity index is 338. The molecule has 0 aromatic carbocycles. The van der Waals surface area contributed by atoms with E-state index >= 15 is 0 Å². The summed E-state index contributed by atoms with van der Waals surface area (Å²) in [5.41, 5.74) is 2.41. The summed E-state index contributed by atoms with van der Waals surface area (Å²) in [5.74, 6) is 0. The minimum atomic E-state index is 0.122. The first-order chi connectivity index (χ1) is 6.16. The number of aryl methyl sites for hydroxylation is 1. The fraction of sp³-hybridized carbons (Fsp3) is 0.545. The van der Waals surface area contributed by atoms with Gasteiger partial charge < -0.3 is 4.57 Å². The van der Waals surface area contributed by atoms with Crippen LogP contribution in [0.2, 0.25) is 0 Å². The molecule has 0 aliphatic carbocycles. The SMILES string of the molecule is CCCCn1c(C)c(C)ccc1=O. The monoisotopic (exact) mass is 179 g/mol. The smallest absolute Gasteiger partial charge is 0.250 e. The van der Waals surface area contributed by atoms with Gasteiger partial charge in [-0.25, -0.2) is 0 Å². The minimum absolute atomic E-state index is 0.122. The van der Waals surface area contributed by atoms with E-state index in [9.17, 15) is 4.79 Å². The Balaban J connectivity index is 3.03. The Morgan fingerprint density at radius 2 is 2.00 bits per heavy atom. The van der Waals surface area contributed by atoms with Gasteiger partial charge in [-0.1, -0.05) is 19.4 Å². The molecule has 0 unspecified atom stereocenters. The standard InChI is InChI=1S/C11H17NO/c1-4-5-8-12-10(3)9(2)6-7-11(12)13/h6-7H,4-5,8H2,1-3H3. The number of hydrogen-bond acceptors (Lipinski definition) is 1. The van der Waals surface area contributed by atoms with Crippen LogP contribution in [0.25, 0.3) is 0 Å². The molecule has 0 spiro atoms. The fourth-order valence-corrected chi connectivity index (χ4v) is 1.38. The van der Waals surface area contributed by atoms with Gasteiger partial charge in [0.15, 0.2) is 0 Å². The second-order valence-corrected chi connectivity index (χ2v) is 3.45. The van der Waals surface area contributed by atoms with Crippen molar-refractivity contribution in [2.45, 2.75) is 40.2 Å². The van der Waals surface area contributed by atoms with E-state index in [1.54, 1.807) is 6.07 Å². The van der Waals surface area contributed by atoms with Crippen molar-refractivity contribution in [3.63, 3.8) is 0 Å². The molecule has 0 N–H and O–H groups in total. The van der Waals surface area contributed by atoms with Crippen LogP contribution in [0.4, 0.5) is 0 Å². The van der Waals surface area contributed by atoms with E-state index < -0.39 is 0 Å². The van der Waals surface area contributed by atoms with Crippen LogP contribution in [-0.4, -0.2) is 4.57 Å². The van der Waals surface area contributed by atoms with Gasteiger partial charge in [-0.15, -0.1) is 0 Å². The maximum Gasteiger partial charge on any atom is 0.250 e. The molecule has 0 saturated carbocycles. The number of nitrogens with zero attached hydrogens (tertiary/aromatic N) is 1. The molecule has 0 radical (unpaired) electrons. The second kappa shape index (κ2) is 4.26. The molecule has 0 aliphatic rings. The lowest BCUT2D eigenvalue weighted by molar-refractivity contribution is 0.596. The van der Waals surface area contributed by atoms with Crippen molar-refractivity contribution in [2.24, 2.45) is 0 Å². The average molecular weight is 179 g/mol. The third-order valence-electron chi connectivity index (χ3n) is 2.45. The van der Waals surface area contributed by atoms with Crippen molar-refractivity contribution in [3.8, 4) is 0 Å². The molecule has 0 saturated heterocycles. The highest BCUT2D eigenvalue weighted by atomic mass is 16.1. The van der Waals surface area contributed by atoms with Gasteiger partial charge in [0, 0.05) is 18.3 Å². The van der Waals surface area contributed by atoms with Crippen LogP contribution in [0, 0.1) is 13.8 Å². The number of rotatable bonds is 3. The number of pyridine rings is 1. The largest absolute Gasteiger partial charge is 0.313 e. The van der Waals surface area contributed by atoms with Crippen LogP contribution >= 0.6 is 0 Å². The highest BCUT2D eigenvalue weighted by Crippen LogP contribution is 2.03. The van der Waals surface area contributed by atoms with Gasteiger partial charge in [0.05, 0.1) is 0 Å². The first-order valence-corrected chi connectivity index (χ1v) is 4.84. The molecule has 1 rings (SSSR count). The highest BCUT2D eigenvalue weighted by Gasteiger charge is 2.01. The van der Waals surface area contributed by atoms with Gasteiger partial charge in [0.1, 0.15) is 0 Å². The van der Waals surface area contributed by atoms with Gasteiger partial charge in [-0.2, -0.15) is 0 Å². The topological polar surface area (TPSA) is 22.0 Å². The van der Waals surface area contributed by atoms with Crippen LogP contribution in [0.5, 0.6) is 0 Å². The van der Waals surface area contributed by atoms with Crippen LogP contribution in [0.3, 0.4) is 0 Å². The third kappa shape index (κ3) is 2.20. The summed E-state index contributed by atoms with van der Waals surface area (Å²) in [7, 11) is 0. The molecule has 0 bridgehead atoms. The maximum absolute atomic E-state index is 11.5. The normalized spacial score (nSPS) is 10.4. The van der Waals surface area contributed by atoms with E-state index in [0.29, 0.717) is 0 Å². The predicted octanol–water partition coefficient (Wildman–Crippen LogP) is 2.27. The Morgan fingerprint density at radius 1 is 1.31 bits per heavy atom. The Labute approximate surface area is 79.2 Å². The van der Waals surface area contributed by atoms with E-state index in [0.717, 1.165) is 25.1 Å². The van der Waals surface area contributed by atoms with Crippen LogP contribution < -0.4 is 5.56 Å². The predicted molar refractivity (Wildman–Crippen MR) is 55.1 cm³/mol. The van der Waals surface area contributed by atoms with Gasteiger partial charge in [-0.3, -0.25) is 4.79 Å². The lowest BCUT2D eigenvalue weighted by atomic mass is 10.2. The molecule has 1 aromatic heterocycles. The van der Waals surface area contributed by atoms with Crippen molar-refractivity contribution in [1.29, 1.82) is 0 Å². The quantitative estimate of drug-likeness (QED) is 0.697. The van der Waals surface area contributed by atoms with Gasteiger partial charge in [-0.05, 0) is 25.8 Å². The first-order valence-electron chi connectivity index (χ1n) is 4.84. The van der Waals surface area contributed by atoms with Crippen molar-refractivity contribution in [3.05, 3.63) is 33.7 Å². The van der Waals surface area contributed by atoms with E-state index in [4.69, 9.17) is 0 Å². The summed E-state index contributed by atoms with van der Waals surface area (Å²) in [5, 5.41) is 0. The van der Waals surface area contributed by atoms with Crippen LogP contribution in [-0.2, 0) is 6.54 Å². The van der Waals surface area contributed by atoms with Crippen molar-refractivity contribution in [2.75, 3.05) is 0 Å². The summed E-state index contributed by atoms with van der Waals surface area (Å²) in [6, 6.07) is 3.54. The van der Waals surface area contributed by atoms with E-state index in [1.165, 1.54) is 5.56 Å². The van der Waals surface area contributed by atoms with Crippen molar-refractivity contribution < 1.29 is 0 Å². The maximum atomic E-state index is 11.5. The van der Waals surface area contributed by atoms with E-state index in [1.807, 2.05) is 24.5 Å². The average Bonchev–Trinajstić information content (AvgIpc) is 2.12. The summed E-state index contributed by atoms with van der Waals surface area (Å²) >= 11 is 0. The molecular weight excluding hydrogens is 162 g/mol. The lowest BCUT2D eigenvalue weighted by Gasteiger charge is -2.10. The zero-order valence-corrected chi connectivity index (χ0v) is 8.63. The molecule has 1 aromatic rings. The van der Waals surface area contributed by atoms with Gasteiger partial charge in [0.25, 0.3) is 5.56 Å². The molecule has 2 nitrogen and oxygen atoms in total. The van der Waals surface area contributed by atoms with Gasteiger partial charge in [0.2, 0.25) is 0 Å². The molecular formula is C11H17NO. The molecule has 13 heavy (non-hydrogen) atoms. The van der Waals surface area contributed by atoms with Gasteiger partial charge >= 0.3 is 0 Å². The first kappa shape index (κ1) is 10.0. The molecule has 0 amide bonds. The van der Waals surface area contributed by atoms with E-state index in [-0.39, 0.29) is 5.56 Å². The fourth-order valence-electron chi connectivity index (χ4n) is 1.38. The summed E-state index contributed by atoms with van der Waals surface area (Å²) in [4.78, 5) is 11.5. The molecule has 72 valence electrons. The number of aromatic nitrogens is 1. The summed E-state index contributed by atoms with van der Waals surface area (Å²) in [6.45, 7) is 7.03. The third-order valence-corrected chi connectivity index (χ3v) is 2.45. The highest BCUT2D eigenvalue weighted by molar-refractivity contribution is 5.17. The van der Waals surface area contributed by atoms with Crippen molar-refractivity contribution in [1.82, 2.24) is 4.57 Å². The Morgan fingerprint density at radius 3 is 2.62 bits per heavy atom. The second-order valence-electron chi connectivity index (χ2n) is 3.45. The Kier molecular flexibility index (Phi) is 3.29. The Hall–Kier alpha value is -1.05. The van der Waals surface area contributed by atoms with Crippen molar-refractivity contribution >= 4 is 0 Å². The summed E-state index contributed by atoms with van der Waals surface area (Å²) in [6.07, 6.45) is 2.20. The van der Waals surface area contributed by atoms with Crippen LogP contribution in [0.15, 0.2) is 16.9 Å². The molecule has 1 heterocycles. The minimum Gasteiger partial charge on any atom is -0.313 e. The number of hydrogen-bond donors (Lipinski definition) is 0. The zero-order chi connectivity index (χ0) is 9.84. The molecule has 0 atom stereocenters. The number of unbranched alkanes of at least 4 members (excludes halogenated alkanes) is 1. The molecule has 2 heteroatoms. The molecule has 0 fully saturated rings. The lowest BCUT2D eigenvalue weighted by Crippen LogP contribution is -2.22. The van der Waals surface area contributed by atoms with Crippen LogP contribution in [0.1, 0.15) is 31.0 Å². The zero-order valence-electron chi connectivity index (χ0n) is 8.63. The van der Waals surface area contributed by atoms with E-state index in [2.05, 4.69) is 6.92 Å². The molecule has 0 aliphatic heterocycles.